The van der Waals surface area contributed by atoms with Crippen molar-refractivity contribution in [2.45, 2.75) is 115 Å². The van der Waals surface area contributed by atoms with Crippen molar-refractivity contribution in [2.24, 2.45) is 39.8 Å². The summed E-state index contributed by atoms with van der Waals surface area (Å²) in [6.07, 6.45) is -1.38. The zero-order valence-electron chi connectivity index (χ0n) is 33.7. The van der Waals surface area contributed by atoms with Crippen LogP contribution < -0.4 is 60.2 Å². The summed E-state index contributed by atoms with van der Waals surface area (Å²) >= 11 is 3.90. The van der Waals surface area contributed by atoms with Crippen molar-refractivity contribution in [2.75, 3.05) is 18.8 Å². The van der Waals surface area contributed by atoms with Crippen LogP contribution in [0.1, 0.15) is 73.1 Å². The van der Waals surface area contributed by atoms with Crippen LogP contribution in [0.25, 0.3) is 0 Å². The molecule has 0 aromatic rings. The molecule has 0 fully saturated rings. The van der Waals surface area contributed by atoms with E-state index in [0.29, 0.717) is 0 Å². The number of carboxylic acid groups (broad SMARTS) is 2. The predicted octanol–water partition coefficient (Wildman–Crippen LogP) is -5.13. The van der Waals surface area contributed by atoms with Gasteiger partial charge in [0, 0.05) is 12.3 Å². The van der Waals surface area contributed by atoms with Gasteiger partial charge in [0.05, 0.1) is 25.4 Å². The number of nitrogens with one attached hydrogen (secondary N) is 7. The molecule has 0 aromatic heterocycles. The van der Waals surface area contributed by atoms with Crippen molar-refractivity contribution in [3.63, 3.8) is 0 Å². The average molecular weight is 861 g/mol. The largest absolute Gasteiger partial charge is 0.481 e. The van der Waals surface area contributed by atoms with Gasteiger partial charge in [-0.1, -0.05) is 27.7 Å². The standard InChI is InChI=1S/C34H60N12O12S/c1-15(2)9-20(31(55)45-21(10-16(3)4)30(54)41-17(5)27(51)46-23(14-59)33(57)58)42-25(48)13-40-29(53)19(7-6-8-39-34(37)38)43-32(56)22(12-26(49)50)44-28(52)18(35)11-24(36)47/h15-23,59H,6-14,35H2,1-5H3,(H2,36,47)(H,40,53)(H,41,54)(H,42,48)(H,43,56)(H,44,52)(H,45,55)(H,46,51)(H,49,50)(H,57,58)(H4,37,38,39)/t17-,18-,19-,20-,21-,22-,23-/m0/s1. The van der Waals surface area contributed by atoms with Gasteiger partial charge < -0.3 is 70.4 Å². The first kappa shape index (κ1) is 53.3. The Labute approximate surface area is 346 Å². The number of guanidine groups is 1. The van der Waals surface area contributed by atoms with E-state index in [1.54, 1.807) is 27.7 Å². The first-order valence-electron chi connectivity index (χ1n) is 18.6. The third-order valence-corrected chi connectivity index (χ3v) is 8.38. The Bertz CT molecular complexity index is 1540. The van der Waals surface area contributed by atoms with Gasteiger partial charge >= 0.3 is 11.9 Å². The Morgan fingerprint density at radius 3 is 1.59 bits per heavy atom. The minimum atomic E-state index is -1.75. The average Bonchev–Trinajstić information content (AvgIpc) is 3.11. The van der Waals surface area contributed by atoms with Gasteiger partial charge in [0.25, 0.3) is 0 Å². The molecule has 59 heavy (non-hydrogen) atoms. The monoisotopic (exact) mass is 860 g/mol. The molecule has 0 spiro atoms. The molecule has 334 valence electrons. The van der Waals surface area contributed by atoms with Crippen LogP contribution in [0.5, 0.6) is 0 Å². The second kappa shape index (κ2) is 27.1. The third kappa shape index (κ3) is 22.7. The highest BCUT2D eigenvalue weighted by atomic mass is 32.1. The fourth-order valence-electron chi connectivity index (χ4n) is 5.09. The van der Waals surface area contributed by atoms with E-state index < -0.39 is 121 Å². The summed E-state index contributed by atoms with van der Waals surface area (Å²) in [5, 5.41) is 35.1. The molecule has 0 saturated carbocycles. The van der Waals surface area contributed by atoms with Gasteiger partial charge in [-0.25, -0.2) is 4.79 Å². The Morgan fingerprint density at radius 2 is 1.10 bits per heavy atom. The Kier molecular flexibility index (Phi) is 24.4. The highest BCUT2D eigenvalue weighted by Crippen LogP contribution is 2.10. The zero-order chi connectivity index (χ0) is 45.6. The fraction of sp³-hybridized carbons (Fsp3) is 0.676. The normalized spacial score (nSPS) is 14.5. The fourth-order valence-corrected chi connectivity index (χ4v) is 5.34. The Balaban J connectivity index is 5.99. The molecule has 0 aromatic carbocycles. The molecule has 0 saturated heterocycles. The summed E-state index contributed by atoms with van der Waals surface area (Å²) < 4.78 is 0. The number of primary amides is 1. The number of aliphatic imine (C=N–C) groups is 1. The van der Waals surface area contributed by atoms with E-state index in [1.807, 2.05) is 0 Å². The molecule has 0 heterocycles. The lowest BCUT2D eigenvalue weighted by atomic mass is 10.00. The van der Waals surface area contributed by atoms with Crippen molar-refractivity contribution in [1.82, 2.24) is 37.2 Å². The van der Waals surface area contributed by atoms with Gasteiger partial charge in [0.2, 0.25) is 47.3 Å². The second-order valence-corrected chi connectivity index (χ2v) is 14.8. The molecule has 0 bridgehead atoms. The van der Waals surface area contributed by atoms with Gasteiger partial charge in [-0.2, -0.15) is 12.6 Å². The van der Waals surface area contributed by atoms with E-state index in [1.165, 1.54) is 6.92 Å². The predicted molar refractivity (Wildman–Crippen MR) is 215 cm³/mol. The summed E-state index contributed by atoms with van der Waals surface area (Å²) in [7, 11) is 0. The van der Waals surface area contributed by atoms with Gasteiger partial charge in [-0.05, 0) is 44.4 Å². The zero-order valence-corrected chi connectivity index (χ0v) is 34.6. The molecule has 0 aliphatic carbocycles. The summed E-state index contributed by atoms with van der Waals surface area (Å²) in [5.74, 6) is -10.8. The lowest BCUT2D eigenvalue weighted by Gasteiger charge is -2.26. The Hall–Kier alpha value is -5.72. The van der Waals surface area contributed by atoms with E-state index in [9.17, 15) is 58.2 Å². The molecule has 0 aliphatic heterocycles. The van der Waals surface area contributed by atoms with Gasteiger partial charge in [0.1, 0.15) is 36.3 Å². The molecule has 17 N–H and O–H groups in total. The summed E-state index contributed by atoms with van der Waals surface area (Å²) in [4.78, 5) is 129. The molecule has 24 nitrogen and oxygen atoms in total. The maximum atomic E-state index is 13.5. The number of carboxylic acids is 2. The summed E-state index contributed by atoms with van der Waals surface area (Å²) in [6.45, 7) is 7.71. The number of hydrogen-bond acceptors (Lipinski definition) is 13. The highest BCUT2D eigenvalue weighted by Gasteiger charge is 2.32. The topological polar surface area (TPSA) is 412 Å². The number of carbonyl (C=O) groups is 10. The number of amides is 8. The molecule has 0 rings (SSSR count). The summed E-state index contributed by atoms with van der Waals surface area (Å²) in [5.41, 5.74) is 21.3. The van der Waals surface area contributed by atoms with Crippen LogP contribution >= 0.6 is 12.6 Å². The van der Waals surface area contributed by atoms with Crippen LogP contribution in [0, 0.1) is 11.8 Å². The van der Waals surface area contributed by atoms with Crippen molar-refractivity contribution in [3.05, 3.63) is 0 Å². The van der Waals surface area contributed by atoms with Crippen LogP contribution in [0.2, 0.25) is 0 Å². The number of aliphatic carboxylic acids is 2. The van der Waals surface area contributed by atoms with E-state index in [-0.39, 0.29) is 55.8 Å². The van der Waals surface area contributed by atoms with Gasteiger partial charge in [0.15, 0.2) is 5.96 Å². The molecule has 0 aliphatic rings. The smallest absolute Gasteiger partial charge is 0.327 e. The molecule has 8 amide bonds. The molecule has 7 atom stereocenters. The Morgan fingerprint density at radius 1 is 0.610 bits per heavy atom. The SMILES string of the molecule is CC(C)C[C@H](NC(=O)CNC(=O)[C@H](CCCN=C(N)N)NC(=O)[C@H](CC(=O)O)NC(=O)[C@@H](N)CC(N)=O)C(=O)N[C@@H](CC(C)C)C(=O)N[C@@H](C)C(=O)N[C@@H](CS)C(=O)O. The minimum absolute atomic E-state index is 0.00884. The van der Waals surface area contributed by atoms with Crippen molar-refractivity contribution in [3.8, 4) is 0 Å². The lowest BCUT2D eigenvalue weighted by molar-refractivity contribution is -0.142. The van der Waals surface area contributed by atoms with E-state index in [2.05, 4.69) is 54.8 Å². The van der Waals surface area contributed by atoms with Crippen LogP contribution in [-0.4, -0.2) is 137 Å². The molecule has 0 unspecified atom stereocenters. The van der Waals surface area contributed by atoms with E-state index >= 15 is 0 Å². The number of thiol groups is 1. The van der Waals surface area contributed by atoms with Gasteiger partial charge in [-0.15, -0.1) is 0 Å². The first-order chi connectivity index (χ1) is 27.4. The van der Waals surface area contributed by atoms with Crippen molar-refractivity contribution >= 4 is 77.8 Å². The number of nitrogens with two attached hydrogens (primary N) is 4. The van der Waals surface area contributed by atoms with Gasteiger partial charge in [-0.3, -0.25) is 48.1 Å². The number of hydrogen-bond donors (Lipinski definition) is 14. The quantitative estimate of drug-likeness (QED) is 0.0151. The summed E-state index contributed by atoms with van der Waals surface area (Å²) in [6, 6.07) is -9.59. The lowest BCUT2D eigenvalue weighted by Crippen LogP contribution is -2.58. The second-order valence-electron chi connectivity index (χ2n) is 14.4. The van der Waals surface area contributed by atoms with Crippen molar-refractivity contribution < 1.29 is 58.2 Å². The highest BCUT2D eigenvalue weighted by molar-refractivity contribution is 7.80. The molecular formula is C34H60N12O12S. The molecular weight excluding hydrogens is 801 g/mol. The van der Waals surface area contributed by atoms with Crippen LogP contribution in [0.15, 0.2) is 4.99 Å². The van der Waals surface area contributed by atoms with Crippen LogP contribution in [0.3, 0.4) is 0 Å². The van der Waals surface area contributed by atoms with E-state index in [4.69, 9.17) is 22.9 Å². The third-order valence-electron chi connectivity index (χ3n) is 8.02. The molecule has 25 heteroatoms. The number of rotatable bonds is 28. The maximum absolute atomic E-state index is 13.5. The van der Waals surface area contributed by atoms with Crippen LogP contribution in [0.4, 0.5) is 0 Å². The van der Waals surface area contributed by atoms with E-state index in [0.717, 1.165) is 0 Å². The van der Waals surface area contributed by atoms with Crippen molar-refractivity contribution in [1.29, 1.82) is 0 Å². The van der Waals surface area contributed by atoms with Crippen LogP contribution in [-0.2, 0) is 47.9 Å². The number of nitrogens with zero attached hydrogens (tertiary/aromatic N) is 1. The number of carbonyl (C=O) groups excluding carboxylic acids is 8. The minimum Gasteiger partial charge on any atom is -0.481 e. The first-order valence-corrected chi connectivity index (χ1v) is 19.2. The maximum Gasteiger partial charge on any atom is 0.327 e. The molecule has 0 radical (unpaired) electrons.